The van der Waals surface area contributed by atoms with Gasteiger partial charge < -0.3 is 0 Å². The van der Waals surface area contributed by atoms with Crippen molar-refractivity contribution in [1.82, 2.24) is 4.31 Å². The van der Waals surface area contributed by atoms with Crippen LogP contribution in [0.5, 0.6) is 0 Å². The molecular weight excluding hydrogens is 321 g/mol. The summed E-state index contributed by atoms with van der Waals surface area (Å²) < 4.78 is 39.1. The summed E-state index contributed by atoms with van der Waals surface area (Å²) >= 11 is 7.14. The second-order valence-corrected chi connectivity index (χ2v) is 7.82. The zero-order valence-electron chi connectivity index (χ0n) is 10.9. The van der Waals surface area contributed by atoms with Gasteiger partial charge in [0.1, 0.15) is 5.82 Å². The van der Waals surface area contributed by atoms with Crippen molar-refractivity contribution in [2.45, 2.75) is 18.4 Å². The van der Waals surface area contributed by atoms with Crippen molar-refractivity contribution < 1.29 is 12.8 Å². The molecule has 0 aliphatic rings. The minimum absolute atomic E-state index is 0.0133. The molecule has 7 heteroatoms. The standard InChI is InChI=1S/C13H13ClFNO2S2/c1-9-5-6-19-13(9)8-16(2)20(17,18)10-3-4-12(15)11(14)7-10/h3-7H,8H2,1-2H3. The van der Waals surface area contributed by atoms with E-state index in [0.29, 0.717) is 0 Å². The van der Waals surface area contributed by atoms with E-state index >= 15 is 0 Å². The molecule has 3 nitrogen and oxygen atoms in total. The average molecular weight is 334 g/mol. The van der Waals surface area contributed by atoms with Crippen molar-refractivity contribution in [2.75, 3.05) is 7.05 Å². The van der Waals surface area contributed by atoms with Gasteiger partial charge in [0.2, 0.25) is 10.0 Å². The first-order chi connectivity index (χ1) is 9.32. The SMILES string of the molecule is Cc1ccsc1CN(C)S(=O)(=O)c1ccc(F)c(Cl)c1. The summed E-state index contributed by atoms with van der Waals surface area (Å²) in [5, 5.41) is 1.71. The molecule has 0 unspecified atom stereocenters. The van der Waals surface area contributed by atoms with Gasteiger partial charge >= 0.3 is 0 Å². The van der Waals surface area contributed by atoms with Crippen LogP contribution in [0.2, 0.25) is 5.02 Å². The van der Waals surface area contributed by atoms with E-state index in [-0.39, 0.29) is 16.5 Å². The van der Waals surface area contributed by atoms with Gasteiger partial charge in [-0.25, -0.2) is 12.8 Å². The number of nitrogens with zero attached hydrogens (tertiary/aromatic N) is 1. The van der Waals surface area contributed by atoms with Gasteiger partial charge in [0.25, 0.3) is 0 Å². The Kier molecular flexibility index (Phi) is 4.49. The van der Waals surface area contributed by atoms with E-state index in [2.05, 4.69) is 0 Å². The zero-order valence-corrected chi connectivity index (χ0v) is 13.3. The second-order valence-electron chi connectivity index (χ2n) is 4.36. The smallest absolute Gasteiger partial charge is 0.207 e. The van der Waals surface area contributed by atoms with E-state index in [1.807, 2.05) is 18.4 Å². The third kappa shape index (κ3) is 3.03. The van der Waals surface area contributed by atoms with E-state index in [9.17, 15) is 12.8 Å². The van der Waals surface area contributed by atoms with Crippen LogP contribution >= 0.6 is 22.9 Å². The lowest BCUT2D eigenvalue weighted by Crippen LogP contribution is -2.26. The highest BCUT2D eigenvalue weighted by Crippen LogP contribution is 2.24. The molecule has 1 aromatic heterocycles. The molecule has 108 valence electrons. The predicted octanol–water partition coefficient (Wildman–Crippen LogP) is 3.67. The highest BCUT2D eigenvalue weighted by molar-refractivity contribution is 7.89. The Hall–Kier alpha value is -0.950. The molecule has 0 aliphatic carbocycles. The van der Waals surface area contributed by atoms with Crippen molar-refractivity contribution in [2.24, 2.45) is 0 Å². The molecule has 20 heavy (non-hydrogen) atoms. The molecule has 2 rings (SSSR count). The Bertz CT molecular complexity index is 728. The molecular formula is C13H13ClFNO2S2. The first kappa shape index (κ1) is 15.4. The van der Waals surface area contributed by atoms with Crippen molar-refractivity contribution in [3.8, 4) is 0 Å². The lowest BCUT2D eigenvalue weighted by Gasteiger charge is -2.17. The summed E-state index contributed by atoms with van der Waals surface area (Å²) in [5.41, 5.74) is 1.05. The molecule has 0 atom stereocenters. The number of aryl methyl sites for hydroxylation is 1. The topological polar surface area (TPSA) is 37.4 Å². The lowest BCUT2D eigenvalue weighted by atomic mass is 10.3. The fourth-order valence-electron chi connectivity index (χ4n) is 1.67. The van der Waals surface area contributed by atoms with Crippen LogP contribution in [0.25, 0.3) is 0 Å². The molecule has 2 aromatic rings. The Morgan fingerprint density at radius 3 is 2.60 bits per heavy atom. The maximum Gasteiger partial charge on any atom is 0.243 e. The maximum atomic E-state index is 13.1. The summed E-state index contributed by atoms with van der Waals surface area (Å²) in [4.78, 5) is 0.963. The number of hydrogen-bond acceptors (Lipinski definition) is 3. The molecule has 0 N–H and O–H groups in total. The quantitative estimate of drug-likeness (QED) is 0.856. The van der Waals surface area contributed by atoms with Gasteiger partial charge in [-0.1, -0.05) is 11.6 Å². The number of halogens is 2. The number of benzene rings is 1. The summed E-state index contributed by atoms with van der Waals surface area (Å²) in [6.45, 7) is 2.21. The van der Waals surface area contributed by atoms with Gasteiger partial charge in [0.15, 0.2) is 0 Å². The molecule has 0 spiro atoms. The maximum absolute atomic E-state index is 13.1. The molecule has 1 heterocycles. The fraction of sp³-hybridized carbons (Fsp3) is 0.231. The van der Waals surface area contributed by atoms with E-state index in [1.54, 1.807) is 0 Å². The molecule has 0 radical (unpaired) electrons. The highest BCUT2D eigenvalue weighted by Gasteiger charge is 2.22. The van der Waals surface area contributed by atoms with Crippen molar-refractivity contribution in [3.63, 3.8) is 0 Å². The van der Waals surface area contributed by atoms with Crippen molar-refractivity contribution >= 4 is 33.0 Å². The normalized spacial score (nSPS) is 12.1. The summed E-state index contributed by atoms with van der Waals surface area (Å²) in [5.74, 6) is -0.637. The predicted molar refractivity (Wildman–Crippen MR) is 79.1 cm³/mol. The highest BCUT2D eigenvalue weighted by atomic mass is 35.5. The Labute approximate surface area is 126 Å². The molecule has 0 saturated carbocycles. The Morgan fingerprint density at radius 2 is 2.05 bits per heavy atom. The number of thiophene rings is 1. The fourth-order valence-corrected chi connectivity index (χ4v) is 4.12. The van der Waals surface area contributed by atoms with Crippen LogP contribution in [0.15, 0.2) is 34.5 Å². The largest absolute Gasteiger partial charge is 0.243 e. The van der Waals surface area contributed by atoms with Crippen molar-refractivity contribution in [1.29, 1.82) is 0 Å². The number of rotatable bonds is 4. The second kappa shape index (κ2) is 5.81. The number of hydrogen-bond donors (Lipinski definition) is 0. The van der Waals surface area contributed by atoms with Crippen LogP contribution in [0.3, 0.4) is 0 Å². The van der Waals surface area contributed by atoms with Crippen LogP contribution in [0.4, 0.5) is 4.39 Å². The summed E-state index contributed by atoms with van der Waals surface area (Å²) in [6.07, 6.45) is 0. The third-order valence-corrected chi connectivity index (χ3v) is 6.03. The summed E-state index contributed by atoms with van der Waals surface area (Å²) in [7, 11) is -2.19. The first-order valence-electron chi connectivity index (χ1n) is 5.76. The lowest BCUT2D eigenvalue weighted by molar-refractivity contribution is 0.469. The monoisotopic (exact) mass is 333 g/mol. The zero-order chi connectivity index (χ0) is 14.9. The van der Waals surface area contributed by atoms with Gasteiger partial charge in [-0.15, -0.1) is 11.3 Å². The van der Waals surface area contributed by atoms with E-state index < -0.39 is 15.8 Å². The van der Waals surface area contributed by atoms with Gasteiger partial charge in [-0.3, -0.25) is 0 Å². The molecule has 1 aromatic carbocycles. The van der Waals surface area contributed by atoms with E-state index in [4.69, 9.17) is 11.6 Å². The molecule has 0 saturated heterocycles. The first-order valence-corrected chi connectivity index (χ1v) is 8.46. The van der Waals surface area contributed by atoms with Crippen LogP contribution in [0.1, 0.15) is 10.4 Å². The van der Waals surface area contributed by atoms with Crippen molar-refractivity contribution in [3.05, 3.63) is 50.9 Å². The Balaban J connectivity index is 2.29. The van der Waals surface area contributed by atoms with E-state index in [1.165, 1.54) is 28.8 Å². The third-order valence-electron chi connectivity index (χ3n) is 2.93. The number of sulfonamides is 1. The molecule has 0 bridgehead atoms. The molecule has 0 amide bonds. The van der Waals surface area contributed by atoms with Gasteiger partial charge in [0.05, 0.1) is 9.92 Å². The molecule has 0 fully saturated rings. The summed E-state index contributed by atoms with van der Waals surface area (Å²) in [6, 6.07) is 5.34. The minimum Gasteiger partial charge on any atom is -0.207 e. The molecule has 0 aliphatic heterocycles. The minimum atomic E-state index is -3.68. The van der Waals surface area contributed by atoms with Gasteiger partial charge in [0, 0.05) is 18.5 Å². The van der Waals surface area contributed by atoms with E-state index in [0.717, 1.165) is 22.6 Å². The van der Waals surface area contributed by atoms with Gasteiger partial charge in [-0.2, -0.15) is 4.31 Å². The Morgan fingerprint density at radius 1 is 1.35 bits per heavy atom. The van der Waals surface area contributed by atoms with Crippen LogP contribution in [-0.2, 0) is 16.6 Å². The van der Waals surface area contributed by atoms with Gasteiger partial charge in [-0.05, 0) is 42.1 Å². The van der Waals surface area contributed by atoms with Crippen LogP contribution in [0, 0.1) is 12.7 Å². The average Bonchev–Trinajstić information content (AvgIpc) is 2.78. The van der Waals surface area contributed by atoms with Crippen LogP contribution < -0.4 is 0 Å². The van der Waals surface area contributed by atoms with Crippen LogP contribution in [-0.4, -0.2) is 19.8 Å².